The zero-order chi connectivity index (χ0) is 17.1. The number of thiazole rings is 1. The van der Waals surface area contributed by atoms with Crippen LogP contribution >= 0.6 is 46.0 Å². The first-order valence-electron chi connectivity index (χ1n) is 7.40. The molecular weight excluding hydrogens is 394 g/mol. The highest BCUT2D eigenvalue weighted by atomic mass is 35.5. The number of hydrogen-bond acceptors (Lipinski definition) is 7. The highest BCUT2D eigenvalue weighted by Gasteiger charge is 2.08. The van der Waals surface area contributed by atoms with Gasteiger partial charge in [-0.1, -0.05) is 23.4 Å². The number of aromatic nitrogens is 3. The van der Waals surface area contributed by atoms with Crippen LogP contribution in [0, 0.1) is 0 Å². The Bertz CT molecular complexity index is 984. The highest BCUT2D eigenvalue weighted by molar-refractivity contribution is 7.98. The molecule has 1 aromatic carbocycles. The molecule has 0 aliphatic carbocycles. The molecule has 0 saturated heterocycles. The summed E-state index contributed by atoms with van der Waals surface area (Å²) in [7, 11) is 0. The Hall–Kier alpha value is -1.67. The van der Waals surface area contributed by atoms with Gasteiger partial charge >= 0.3 is 0 Å². The third-order valence-electron chi connectivity index (χ3n) is 3.36. The van der Waals surface area contributed by atoms with Crippen LogP contribution in [0.15, 0.2) is 52.4 Å². The van der Waals surface area contributed by atoms with Crippen LogP contribution in [0.4, 0.5) is 0 Å². The Labute approximate surface area is 161 Å². The predicted octanol–water partition coefficient (Wildman–Crippen LogP) is 5.67. The van der Waals surface area contributed by atoms with Crippen molar-refractivity contribution in [1.82, 2.24) is 15.0 Å². The summed E-state index contributed by atoms with van der Waals surface area (Å²) in [6.07, 6.45) is 1.62. The monoisotopic (exact) mass is 405 g/mol. The van der Waals surface area contributed by atoms with Crippen molar-refractivity contribution < 1.29 is 4.74 Å². The molecule has 3 heterocycles. The second-order valence-electron chi connectivity index (χ2n) is 5.08. The predicted molar refractivity (Wildman–Crippen MR) is 105 cm³/mol. The number of fused-ring (bicyclic) bond motifs is 1. The van der Waals surface area contributed by atoms with Gasteiger partial charge in [-0.2, -0.15) is 0 Å². The smallest absolute Gasteiger partial charge is 0.140 e. The molecule has 4 aromatic rings. The summed E-state index contributed by atoms with van der Waals surface area (Å²) in [6, 6.07) is 9.40. The molecule has 8 heteroatoms. The third kappa shape index (κ3) is 4.12. The Morgan fingerprint density at radius 3 is 2.84 bits per heavy atom. The lowest BCUT2D eigenvalue weighted by Crippen LogP contribution is -1.95. The van der Waals surface area contributed by atoms with E-state index >= 15 is 0 Å². The van der Waals surface area contributed by atoms with Gasteiger partial charge in [0, 0.05) is 21.5 Å². The van der Waals surface area contributed by atoms with Crippen molar-refractivity contribution in [2.24, 2.45) is 0 Å². The number of halogens is 1. The minimum atomic E-state index is 0.458. The standard InChI is InChI=1S/C17H12ClN3OS3/c18-11-1-3-13(4-2-11)22-7-15-21-12(8-24-15)9-25-17-14-5-6-23-16(14)19-10-20-17/h1-6,8,10H,7,9H2. The number of thiophene rings is 1. The lowest BCUT2D eigenvalue weighted by Gasteiger charge is -2.03. The van der Waals surface area contributed by atoms with Crippen molar-refractivity contribution in [2.45, 2.75) is 17.4 Å². The molecule has 126 valence electrons. The molecule has 0 amide bonds. The maximum Gasteiger partial charge on any atom is 0.140 e. The molecule has 0 aliphatic heterocycles. The van der Waals surface area contributed by atoms with E-state index in [1.165, 1.54) is 0 Å². The van der Waals surface area contributed by atoms with Crippen LogP contribution in [0.2, 0.25) is 5.02 Å². The SMILES string of the molecule is Clc1ccc(OCc2nc(CSc3ncnc4sccc34)cs2)cc1. The van der Waals surface area contributed by atoms with Gasteiger partial charge in [-0.15, -0.1) is 22.7 Å². The Balaban J connectivity index is 1.36. The fraction of sp³-hybridized carbons (Fsp3) is 0.118. The van der Waals surface area contributed by atoms with E-state index in [-0.39, 0.29) is 0 Å². The molecule has 0 saturated carbocycles. The lowest BCUT2D eigenvalue weighted by molar-refractivity contribution is 0.305. The van der Waals surface area contributed by atoms with Gasteiger partial charge in [0.05, 0.1) is 5.69 Å². The summed E-state index contributed by atoms with van der Waals surface area (Å²) in [5, 5.41) is 7.87. The lowest BCUT2D eigenvalue weighted by atomic mass is 10.3. The highest BCUT2D eigenvalue weighted by Crippen LogP contribution is 2.30. The normalized spacial score (nSPS) is 11.1. The van der Waals surface area contributed by atoms with Gasteiger partial charge in [0.25, 0.3) is 0 Å². The number of ether oxygens (including phenoxy) is 1. The van der Waals surface area contributed by atoms with Crippen LogP contribution in [0.25, 0.3) is 10.2 Å². The topological polar surface area (TPSA) is 47.9 Å². The van der Waals surface area contributed by atoms with Gasteiger partial charge in [-0.25, -0.2) is 15.0 Å². The average molecular weight is 406 g/mol. The second-order valence-corrected chi connectivity index (χ2v) is 8.32. The van der Waals surface area contributed by atoms with Crippen molar-refractivity contribution in [2.75, 3.05) is 0 Å². The van der Waals surface area contributed by atoms with Crippen molar-refractivity contribution >= 4 is 56.3 Å². The number of nitrogens with zero attached hydrogens (tertiary/aromatic N) is 3. The first-order chi connectivity index (χ1) is 12.3. The fourth-order valence-corrected chi connectivity index (χ4v) is 4.79. The van der Waals surface area contributed by atoms with Crippen LogP contribution in [-0.4, -0.2) is 15.0 Å². The van der Waals surface area contributed by atoms with E-state index in [0.29, 0.717) is 11.6 Å². The molecule has 0 unspecified atom stereocenters. The Kier molecular flexibility index (Phi) is 5.17. The molecule has 0 radical (unpaired) electrons. The fourth-order valence-electron chi connectivity index (χ4n) is 2.18. The maximum atomic E-state index is 5.87. The molecule has 0 aliphatic rings. The molecule has 25 heavy (non-hydrogen) atoms. The van der Waals surface area contributed by atoms with Crippen LogP contribution in [0.5, 0.6) is 5.75 Å². The number of hydrogen-bond donors (Lipinski definition) is 0. The van der Waals surface area contributed by atoms with Gasteiger partial charge in [-0.05, 0) is 35.7 Å². The van der Waals surface area contributed by atoms with E-state index in [0.717, 1.165) is 37.4 Å². The van der Waals surface area contributed by atoms with Gasteiger partial charge in [0.1, 0.15) is 33.5 Å². The maximum absolute atomic E-state index is 5.87. The summed E-state index contributed by atoms with van der Waals surface area (Å²) < 4.78 is 5.73. The molecular formula is C17H12ClN3OS3. The van der Waals surface area contributed by atoms with E-state index in [1.54, 1.807) is 40.8 Å². The van der Waals surface area contributed by atoms with Gasteiger partial charge in [0.2, 0.25) is 0 Å². The van der Waals surface area contributed by atoms with E-state index in [9.17, 15) is 0 Å². The zero-order valence-electron chi connectivity index (χ0n) is 12.9. The molecule has 0 atom stereocenters. The molecule has 4 nitrogen and oxygen atoms in total. The molecule has 3 aromatic heterocycles. The molecule has 4 rings (SSSR count). The van der Waals surface area contributed by atoms with E-state index in [4.69, 9.17) is 16.3 Å². The number of benzene rings is 1. The summed E-state index contributed by atoms with van der Waals surface area (Å²) in [5.41, 5.74) is 1.03. The van der Waals surface area contributed by atoms with Gasteiger partial charge < -0.3 is 4.74 Å². The van der Waals surface area contributed by atoms with Crippen LogP contribution in [0.3, 0.4) is 0 Å². The first kappa shape index (κ1) is 16.8. The molecule has 0 fully saturated rings. The summed E-state index contributed by atoms with van der Waals surface area (Å²) >= 11 is 10.8. The summed E-state index contributed by atoms with van der Waals surface area (Å²) in [5.74, 6) is 1.57. The van der Waals surface area contributed by atoms with E-state index < -0.39 is 0 Å². The van der Waals surface area contributed by atoms with Crippen molar-refractivity contribution in [1.29, 1.82) is 0 Å². The largest absolute Gasteiger partial charge is 0.486 e. The molecule has 0 spiro atoms. The number of rotatable bonds is 6. The van der Waals surface area contributed by atoms with E-state index in [2.05, 4.69) is 26.4 Å². The quantitative estimate of drug-likeness (QED) is 0.305. The summed E-state index contributed by atoms with van der Waals surface area (Å²) in [6.45, 7) is 0.458. The Morgan fingerprint density at radius 1 is 1.08 bits per heavy atom. The number of thioether (sulfide) groups is 1. The van der Waals surface area contributed by atoms with Crippen LogP contribution < -0.4 is 4.74 Å². The Morgan fingerprint density at radius 2 is 1.96 bits per heavy atom. The average Bonchev–Trinajstić information content (AvgIpc) is 3.29. The van der Waals surface area contributed by atoms with Gasteiger partial charge in [0.15, 0.2) is 0 Å². The third-order valence-corrected chi connectivity index (χ3v) is 6.34. The van der Waals surface area contributed by atoms with Crippen molar-refractivity contribution in [3.05, 3.63) is 63.1 Å². The minimum Gasteiger partial charge on any atom is -0.486 e. The van der Waals surface area contributed by atoms with Crippen LogP contribution in [-0.2, 0) is 12.4 Å². The second kappa shape index (κ2) is 7.70. The summed E-state index contributed by atoms with van der Waals surface area (Å²) in [4.78, 5) is 14.3. The van der Waals surface area contributed by atoms with Gasteiger partial charge in [-0.3, -0.25) is 0 Å². The van der Waals surface area contributed by atoms with Crippen molar-refractivity contribution in [3.63, 3.8) is 0 Å². The molecule has 0 bridgehead atoms. The zero-order valence-corrected chi connectivity index (χ0v) is 16.1. The molecule has 0 N–H and O–H groups in total. The van der Waals surface area contributed by atoms with E-state index in [1.807, 2.05) is 29.6 Å². The van der Waals surface area contributed by atoms with Crippen molar-refractivity contribution in [3.8, 4) is 5.75 Å². The van der Waals surface area contributed by atoms with Crippen LogP contribution in [0.1, 0.15) is 10.7 Å². The first-order valence-corrected chi connectivity index (χ1v) is 10.5. The minimum absolute atomic E-state index is 0.458.